The van der Waals surface area contributed by atoms with Crippen LogP contribution in [0.3, 0.4) is 0 Å². The molecule has 0 saturated carbocycles. The van der Waals surface area contributed by atoms with Crippen molar-refractivity contribution in [3.63, 3.8) is 0 Å². The van der Waals surface area contributed by atoms with Crippen molar-refractivity contribution in [2.24, 2.45) is 0 Å². The fourth-order valence-corrected chi connectivity index (χ4v) is 5.27. The molecule has 0 aliphatic carbocycles. The smallest absolute Gasteiger partial charge is 0.0540 e. The van der Waals surface area contributed by atoms with Crippen molar-refractivity contribution in [2.75, 3.05) is 4.90 Å². The molecule has 1 nitrogen and oxygen atoms in total. The van der Waals surface area contributed by atoms with Gasteiger partial charge in [0.05, 0.1) is 5.69 Å². The second-order valence-corrected chi connectivity index (χ2v) is 9.47. The molecule has 6 rings (SSSR count). The first-order chi connectivity index (χ1) is 15.2. The molecule has 31 heavy (non-hydrogen) atoms. The van der Waals surface area contributed by atoms with Crippen LogP contribution in [-0.2, 0) is 0 Å². The highest BCUT2D eigenvalue weighted by Crippen LogP contribution is 2.44. The minimum Gasteiger partial charge on any atom is -0.310 e. The topological polar surface area (TPSA) is 3.24 Å². The zero-order valence-electron chi connectivity index (χ0n) is 16.5. The van der Waals surface area contributed by atoms with E-state index >= 15 is 0 Å². The molecule has 0 atom stereocenters. The fraction of sp³-hybridized carbons (Fsp3) is 0. The summed E-state index contributed by atoms with van der Waals surface area (Å²) in [6.45, 7) is 0. The summed E-state index contributed by atoms with van der Waals surface area (Å²) < 4.78 is 2.21. The summed E-state index contributed by atoms with van der Waals surface area (Å²) in [6, 6.07) is 36.9. The predicted octanol–water partition coefficient (Wildman–Crippen LogP) is 9.58. The molecule has 148 valence electrons. The Morgan fingerprint density at radius 3 is 1.81 bits per heavy atom. The lowest BCUT2D eigenvalue weighted by molar-refractivity contribution is 1.30. The first kappa shape index (κ1) is 18.9. The van der Waals surface area contributed by atoms with Gasteiger partial charge in [-0.1, -0.05) is 86.5 Å². The Hall–Kier alpha value is -2.88. The maximum Gasteiger partial charge on any atom is 0.0540 e. The van der Waals surface area contributed by atoms with Crippen LogP contribution >= 0.6 is 31.9 Å². The van der Waals surface area contributed by atoms with Gasteiger partial charge in [-0.3, -0.25) is 0 Å². The highest BCUT2D eigenvalue weighted by Gasteiger charge is 2.18. The summed E-state index contributed by atoms with van der Waals surface area (Å²) >= 11 is 7.33. The van der Waals surface area contributed by atoms with Crippen molar-refractivity contribution >= 4 is 81.2 Å². The van der Waals surface area contributed by atoms with Crippen LogP contribution < -0.4 is 4.90 Å². The first-order valence-electron chi connectivity index (χ1n) is 10.2. The number of halogens is 2. The molecule has 0 spiro atoms. The summed E-state index contributed by atoms with van der Waals surface area (Å²) in [5.41, 5.74) is 3.45. The molecule has 0 N–H and O–H groups in total. The van der Waals surface area contributed by atoms with E-state index in [9.17, 15) is 0 Å². The van der Waals surface area contributed by atoms with E-state index in [1.165, 1.54) is 38.0 Å². The molecule has 0 fully saturated rings. The van der Waals surface area contributed by atoms with Gasteiger partial charge in [-0.2, -0.15) is 0 Å². The van der Waals surface area contributed by atoms with E-state index < -0.39 is 0 Å². The molecule has 0 radical (unpaired) electrons. The SMILES string of the molecule is Brc1ccc(N(c2ccccc2)c2ccc3ccc4c(Br)ccc5ccc2c3c54)cc1. The van der Waals surface area contributed by atoms with Gasteiger partial charge in [0.25, 0.3) is 0 Å². The molecular weight excluding hydrogens is 510 g/mol. The van der Waals surface area contributed by atoms with Gasteiger partial charge in [0.2, 0.25) is 0 Å². The van der Waals surface area contributed by atoms with Crippen molar-refractivity contribution in [1.82, 2.24) is 0 Å². The Morgan fingerprint density at radius 1 is 0.484 bits per heavy atom. The van der Waals surface area contributed by atoms with Crippen molar-refractivity contribution in [2.45, 2.75) is 0 Å². The molecule has 0 saturated heterocycles. The molecule has 0 bridgehead atoms. The van der Waals surface area contributed by atoms with Crippen LogP contribution in [0.1, 0.15) is 0 Å². The molecule has 0 heterocycles. The molecule has 0 aliphatic heterocycles. The first-order valence-corrected chi connectivity index (χ1v) is 11.8. The maximum atomic E-state index is 3.75. The van der Waals surface area contributed by atoms with Crippen molar-refractivity contribution in [3.05, 3.63) is 112 Å². The quantitative estimate of drug-likeness (QED) is 0.207. The number of rotatable bonds is 3. The Bertz CT molecular complexity index is 1540. The molecule has 0 aliphatic rings. The lowest BCUT2D eigenvalue weighted by Crippen LogP contribution is -2.10. The third-order valence-corrected chi connectivity index (χ3v) is 7.15. The van der Waals surface area contributed by atoms with Gasteiger partial charge < -0.3 is 4.90 Å². The summed E-state index contributed by atoms with van der Waals surface area (Å²) in [4.78, 5) is 2.34. The van der Waals surface area contributed by atoms with E-state index in [2.05, 4.69) is 140 Å². The second-order valence-electron chi connectivity index (χ2n) is 7.70. The second kappa shape index (κ2) is 7.37. The number of hydrogen-bond donors (Lipinski definition) is 0. The number of para-hydroxylation sites is 1. The van der Waals surface area contributed by atoms with E-state index in [1.54, 1.807) is 0 Å². The van der Waals surface area contributed by atoms with Gasteiger partial charge in [-0.15, -0.1) is 0 Å². The van der Waals surface area contributed by atoms with E-state index in [-0.39, 0.29) is 0 Å². The highest BCUT2D eigenvalue weighted by molar-refractivity contribution is 9.11. The van der Waals surface area contributed by atoms with E-state index in [1.807, 2.05) is 0 Å². The summed E-state index contributed by atoms with van der Waals surface area (Å²) in [6.07, 6.45) is 0. The summed E-state index contributed by atoms with van der Waals surface area (Å²) in [5.74, 6) is 0. The molecule has 3 heteroatoms. The molecule has 0 unspecified atom stereocenters. The van der Waals surface area contributed by atoms with Crippen LogP contribution in [0.5, 0.6) is 0 Å². The highest BCUT2D eigenvalue weighted by atomic mass is 79.9. The van der Waals surface area contributed by atoms with Crippen molar-refractivity contribution in [1.29, 1.82) is 0 Å². The largest absolute Gasteiger partial charge is 0.310 e. The summed E-state index contributed by atoms with van der Waals surface area (Å²) in [5, 5.41) is 7.66. The average molecular weight is 527 g/mol. The van der Waals surface area contributed by atoms with Crippen LogP contribution in [0.2, 0.25) is 0 Å². The van der Waals surface area contributed by atoms with Crippen LogP contribution in [-0.4, -0.2) is 0 Å². The number of hydrogen-bond acceptors (Lipinski definition) is 1. The van der Waals surface area contributed by atoms with Gasteiger partial charge in [-0.05, 0) is 75.5 Å². The van der Waals surface area contributed by atoms with Crippen LogP contribution in [0, 0.1) is 0 Å². The van der Waals surface area contributed by atoms with E-state index in [0.29, 0.717) is 0 Å². The molecule has 0 amide bonds. The van der Waals surface area contributed by atoms with Gasteiger partial charge >= 0.3 is 0 Å². The minimum absolute atomic E-state index is 1.07. The molecule has 6 aromatic carbocycles. The molecule has 0 aromatic heterocycles. The van der Waals surface area contributed by atoms with Crippen molar-refractivity contribution < 1.29 is 0 Å². The monoisotopic (exact) mass is 525 g/mol. The average Bonchev–Trinajstić information content (AvgIpc) is 2.81. The minimum atomic E-state index is 1.07. The Balaban J connectivity index is 1.71. The van der Waals surface area contributed by atoms with Gasteiger partial charge in [0.1, 0.15) is 0 Å². The van der Waals surface area contributed by atoms with E-state index in [0.717, 1.165) is 20.3 Å². The lowest BCUT2D eigenvalue weighted by Gasteiger charge is -2.27. The zero-order chi connectivity index (χ0) is 20.9. The van der Waals surface area contributed by atoms with Crippen molar-refractivity contribution in [3.8, 4) is 0 Å². The fourth-order valence-electron chi connectivity index (χ4n) is 4.54. The van der Waals surface area contributed by atoms with Gasteiger partial charge in [0.15, 0.2) is 0 Å². The van der Waals surface area contributed by atoms with Crippen LogP contribution in [0.4, 0.5) is 17.1 Å². The zero-order valence-corrected chi connectivity index (χ0v) is 19.7. The van der Waals surface area contributed by atoms with Gasteiger partial charge in [-0.25, -0.2) is 0 Å². The number of nitrogens with zero attached hydrogens (tertiary/aromatic N) is 1. The lowest BCUT2D eigenvalue weighted by atomic mass is 9.93. The Morgan fingerprint density at radius 2 is 1.06 bits per heavy atom. The summed E-state index contributed by atoms with van der Waals surface area (Å²) in [7, 11) is 0. The van der Waals surface area contributed by atoms with Crippen LogP contribution in [0.25, 0.3) is 32.3 Å². The predicted molar refractivity (Wildman–Crippen MR) is 140 cm³/mol. The van der Waals surface area contributed by atoms with Crippen LogP contribution in [0.15, 0.2) is 112 Å². The third-order valence-electron chi connectivity index (χ3n) is 5.93. The third kappa shape index (κ3) is 3.03. The number of benzene rings is 6. The molecule has 6 aromatic rings. The maximum absolute atomic E-state index is 3.75. The standard InChI is InChI=1S/C28H17Br2N/c29-20-10-12-22(13-11-20)31(21-4-2-1-3-5-21)26-17-9-19-6-14-23-25(30)16-8-18-7-15-24(26)28(19)27(18)23/h1-17H. The number of anilines is 3. The van der Waals surface area contributed by atoms with E-state index in [4.69, 9.17) is 0 Å². The Labute approximate surface area is 197 Å². The normalized spacial score (nSPS) is 11.5. The molecular formula is C28H17Br2N. The van der Waals surface area contributed by atoms with Gasteiger partial charge in [0, 0.05) is 25.7 Å². The Kier molecular flexibility index (Phi) is 4.48.